The van der Waals surface area contributed by atoms with Crippen molar-refractivity contribution in [2.45, 2.75) is 52.2 Å². The lowest BCUT2D eigenvalue weighted by Crippen LogP contribution is -2.33. The number of rotatable bonds is 6. The van der Waals surface area contributed by atoms with Crippen molar-refractivity contribution in [3.8, 4) is 11.3 Å². The average molecular weight is 381 g/mol. The molecule has 1 saturated heterocycles. The van der Waals surface area contributed by atoms with Gasteiger partial charge in [0.15, 0.2) is 5.76 Å². The zero-order chi connectivity index (χ0) is 19.5. The minimum atomic E-state index is 0.0532. The van der Waals surface area contributed by atoms with Gasteiger partial charge in [-0.25, -0.2) is 0 Å². The molecule has 1 aliphatic heterocycles. The fourth-order valence-electron chi connectivity index (χ4n) is 3.97. The van der Waals surface area contributed by atoms with Crippen LogP contribution in [0.5, 0.6) is 0 Å². The van der Waals surface area contributed by atoms with Gasteiger partial charge in [0.05, 0.1) is 41.8 Å². The normalized spacial score (nSPS) is 17.9. The van der Waals surface area contributed by atoms with Crippen molar-refractivity contribution < 1.29 is 9.63 Å². The van der Waals surface area contributed by atoms with E-state index >= 15 is 0 Å². The maximum absolute atomic E-state index is 9.36. The summed E-state index contributed by atoms with van der Waals surface area (Å²) in [6.45, 7) is 6.28. The van der Waals surface area contributed by atoms with Crippen LogP contribution in [0.4, 0.5) is 0 Å². The molecule has 0 aliphatic carbocycles. The van der Waals surface area contributed by atoms with Gasteiger partial charge >= 0.3 is 0 Å². The molecule has 1 fully saturated rings. The Kier molecular flexibility index (Phi) is 5.54. The molecule has 3 aromatic rings. The van der Waals surface area contributed by atoms with Gasteiger partial charge in [0.2, 0.25) is 0 Å². The number of aromatic nitrogens is 4. The number of aliphatic hydroxyl groups excluding tert-OH is 1. The molecule has 0 spiro atoms. The average Bonchev–Trinajstić information content (AvgIpc) is 3.29. The van der Waals surface area contributed by atoms with Crippen LogP contribution in [0.2, 0.25) is 0 Å². The molecule has 0 saturated carbocycles. The Bertz CT molecular complexity index is 933. The summed E-state index contributed by atoms with van der Waals surface area (Å²) in [5, 5.41) is 18.2. The van der Waals surface area contributed by atoms with Crippen molar-refractivity contribution in [2.24, 2.45) is 0 Å². The van der Waals surface area contributed by atoms with Gasteiger partial charge in [-0.3, -0.25) is 14.6 Å². The maximum Gasteiger partial charge on any atom is 0.170 e. The first-order valence-corrected chi connectivity index (χ1v) is 9.92. The topological polar surface area (TPSA) is 80.2 Å². The summed E-state index contributed by atoms with van der Waals surface area (Å²) in [5.74, 6) is 0.732. The Labute approximate surface area is 165 Å². The molecule has 0 amide bonds. The number of aryl methyl sites for hydroxylation is 2. The Balaban J connectivity index is 1.68. The van der Waals surface area contributed by atoms with Crippen LogP contribution in [0.25, 0.3) is 11.3 Å². The highest BCUT2D eigenvalue weighted by atomic mass is 16.5. The zero-order valence-electron chi connectivity index (χ0n) is 16.5. The minimum absolute atomic E-state index is 0.0532. The van der Waals surface area contributed by atoms with Gasteiger partial charge in [0.25, 0.3) is 0 Å². The van der Waals surface area contributed by atoms with E-state index in [2.05, 4.69) is 27.2 Å². The SMILES string of the molecule is Cc1cc(-c2cn(CCO)nc2C2CCCCN2Cc2cccc(C)n2)on1. The molecule has 3 aromatic heterocycles. The molecule has 1 atom stereocenters. The number of nitrogens with zero attached hydrogens (tertiary/aromatic N) is 5. The predicted molar refractivity (Wildman–Crippen MR) is 106 cm³/mol. The summed E-state index contributed by atoms with van der Waals surface area (Å²) in [7, 11) is 0. The Morgan fingerprint density at radius 3 is 2.86 bits per heavy atom. The third-order valence-electron chi connectivity index (χ3n) is 5.25. The van der Waals surface area contributed by atoms with E-state index in [0.717, 1.165) is 53.6 Å². The van der Waals surface area contributed by atoms with Gasteiger partial charge in [-0.2, -0.15) is 5.10 Å². The number of likely N-dealkylation sites (tertiary alicyclic amines) is 1. The third kappa shape index (κ3) is 4.00. The molecule has 0 radical (unpaired) electrons. The molecule has 4 rings (SSSR count). The van der Waals surface area contributed by atoms with Crippen molar-refractivity contribution in [1.82, 2.24) is 24.8 Å². The molecule has 7 nitrogen and oxygen atoms in total. The summed E-state index contributed by atoms with van der Waals surface area (Å²) in [4.78, 5) is 7.15. The number of hydrogen-bond acceptors (Lipinski definition) is 6. The summed E-state index contributed by atoms with van der Waals surface area (Å²) in [6, 6.07) is 8.31. The summed E-state index contributed by atoms with van der Waals surface area (Å²) in [6.07, 6.45) is 5.35. The van der Waals surface area contributed by atoms with Gasteiger partial charge in [0, 0.05) is 24.5 Å². The summed E-state index contributed by atoms with van der Waals surface area (Å²) < 4.78 is 7.35. The number of hydrogen-bond donors (Lipinski definition) is 1. The smallest absolute Gasteiger partial charge is 0.170 e. The van der Waals surface area contributed by atoms with E-state index in [0.29, 0.717) is 6.54 Å². The highest BCUT2D eigenvalue weighted by Crippen LogP contribution is 2.37. The molecule has 1 N–H and O–H groups in total. The molecule has 7 heteroatoms. The molecule has 0 aromatic carbocycles. The summed E-state index contributed by atoms with van der Waals surface area (Å²) >= 11 is 0. The molecule has 1 aliphatic rings. The van der Waals surface area contributed by atoms with Crippen LogP contribution in [-0.2, 0) is 13.1 Å². The predicted octanol–water partition coefficient (Wildman–Crippen LogP) is 3.27. The van der Waals surface area contributed by atoms with Crippen molar-refractivity contribution in [3.05, 3.63) is 53.2 Å². The second-order valence-corrected chi connectivity index (χ2v) is 7.50. The molecule has 148 valence electrons. The van der Waals surface area contributed by atoms with Crippen LogP contribution in [0.15, 0.2) is 35.0 Å². The van der Waals surface area contributed by atoms with Gasteiger partial charge in [-0.05, 0) is 45.4 Å². The second-order valence-electron chi connectivity index (χ2n) is 7.50. The zero-order valence-corrected chi connectivity index (χ0v) is 16.5. The van der Waals surface area contributed by atoms with Gasteiger partial charge in [-0.1, -0.05) is 17.6 Å². The van der Waals surface area contributed by atoms with Gasteiger partial charge in [-0.15, -0.1) is 0 Å². The lowest BCUT2D eigenvalue weighted by atomic mass is 9.96. The monoisotopic (exact) mass is 381 g/mol. The second kappa shape index (κ2) is 8.24. The van der Waals surface area contributed by atoms with Crippen LogP contribution in [0, 0.1) is 13.8 Å². The number of pyridine rings is 1. The lowest BCUT2D eigenvalue weighted by molar-refractivity contribution is 0.135. The Hall–Kier alpha value is -2.51. The highest BCUT2D eigenvalue weighted by molar-refractivity contribution is 5.60. The largest absolute Gasteiger partial charge is 0.394 e. The fourth-order valence-corrected chi connectivity index (χ4v) is 3.97. The maximum atomic E-state index is 9.36. The number of piperidine rings is 1. The van der Waals surface area contributed by atoms with Crippen molar-refractivity contribution in [1.29, 1.82) is 0 Å². The first-order valence-electron chi connectivity index (χ1n) is 9.92. The molecule has 28 heavy (non-hydrogen) atoms. The Morgan fingerprint density at radius 2 is 2.11 bits per heavy atom. The fraction of sp³-hybridized carbons (Fsp3) is 0.476. The lowest BCUT2D eigenvalue weighted by Gasteiger charge is -2.35. The molecule has 4 heterocycles. The first-order chi connectivity index (χ1) is 13.6. The quantitative estimate of drug-likeness (QED) is 0.706. The van der Waals surface area contributed by atoms with E-state index in [9.17, 15) is 5.11 Å². The molecular weight excluding hydrogens is 354 g/mol. The van der Waals surface area contributed by atoms with Crippen LogP contribution < -0.4 is 0 Å². The Morgan fingerprint density at radius 1 is 1.21 bits per heavy atom. The van der Waals surface area contributed by atoms with Gasteiger partial charge in [0.1, 0.15) is 0 Å². The number of aliphatic hydroxyl groups is 1. The van der Waals surface area contributed by atoms with E-state index in [1.165, 1.54) is 12.8 Å². The van der Waals surface area contributed by atoms with Crippen molar-refractivity contribution in [2.75, 3.05) is 13.2 Å². The van der Waals surface area contributed by atoms with Crippen LogP contribution in [-0.4, -0.2) is 43.1 Å². The van der Waals surface area contributed by atoms with E-state index in [-0.39, 0.29) is 12.6 Å². The summed E-state index contributed by atoms with van der Waals surface area (Å²) in [5.41, 5.74) is 4.93. The van der Waals surface area contributed by atoms with E-state index in [1.807, 2.05) is 32.2 Å². The van der Waals surface area contributed by atoms with Crippen LogP contribution in [0.3, 0.4) is 0 Å². The van der Waals surface area contributed by atoms with E-state index in [1.54, 1.807) is 4.68 Å². The van der Waals surface area contributed by atoms with Crippen molar-refractivity contribution >= 4 is 0 Å². The van der Waals surface area contributed by atoms with Crippen molar-refractivity contribution in [3.63, 3.8) is 0 Å². The van der Waals surface area contributed by atoms with Crippen LogP contribution in [0.1, 0.15) is 48.1 Å². The van der Waals surface area contributed by atoms with Gasteiger partial charge < -0.3 is 9.63 Å². The standard InChI is InChI=1S/C21H27N5O2/c1-15-6-5-7-17(22-15)13-25-9-4-3-8-19(25)21-18(14-26(23-21)10-11-27)20-12-16(2)24-28-20/h5-7,12,14,19,27H,3-4,8-11,13H2,1-2H3. The van der Waals surface area contributed by atoms with Crippen LogP contribution >= 0.6 is 0 Å². The highest BCUT2D eigenvalue weighted by Gasteiger charge is 2.30. The first kappa shape index (κ1) is 18.8. The molecular formula is C21H27N5O2. The third-order valence-corrected chi connectivity index (χ3v) is 5.25. The molecule has 1 unspecified atom stereocenters. The van der Waals surface area contributed by atoms with E-state index < -0.39 is 0 Å². The molecule has 0 bridgehead atoms. The van der Waals surface area contributed by atoms with E-state index in [4.69, 9.17) is 9.62 Å². The minimum Gasteiger partial charge on any atom is -0.394 e.